The van der Waals surface area contributed by atoms with E-state index in [1.165, 1.54) is 27.7 Å². The first-order chi connectivity index (χ1) is 10.8. The van der Waals surface area contributed by atoms with Crippen LogP contribution in [0.1, 0.15) is 36.4 Å². The van der Waals surface area contributed by atoms with Crippen molar-refractivity contribution < 1.29 is 0 Å². The predicted octanol–water partition coefficient (Wildman–Crippen LogP) is 6.26. The van der Waals surface area contributed by atoms with Gasteiger partial charge in [0.15, 0.2) is 0 Å². The lowest BCUT2D eigenvalue weighted by molar-refractivity contribution is 0.822. The highest BCUT2D eigenvalue weighted by molar-refractivity contribution is 9.10. The van der Waals surface area contributed by atoms with Gasteiger partial charge in [-0.15, -0.1) is 0 Å². The van der Waals surface area contributed by atoms with Crippen LogP contribution in [0.15, 0.2) is 65.2 Å². The van der Waals surface area contributed by atoms with E-state index in [1.807, 2.05) is 0 Å². The van der Waals surface area contributed by atoms with Gasteiger partial charge >= 0.3 is 0 Å². The Morgan fingerprint density at radius 2 is 2.05 bits per heavy atom. The second-order valence-electron chi connectivity index (χ2n) is 5.92. The molecule has 0 saturated heterocycles. The van der Waals surface area contributed by atoms with Gasteiger partial charge in [-0.2, -0.15) is 0 Å². The Morgan fingerprint density at radius 3 is 2.82 bits per heavy atom. The van der Waals surface area contributed by atoms with E-state index >= 15 is 0 Å². The number of benzene rings is 1. The molecule has 110 valence electrons. The fourth-order valence-electron chi connectivity index (χ4n) is 3.41. The lowest BCUT2D eigenvalue weighted by Gasteiger charge is -2.17. The molecule has 1 N–H and O–H groups in total. The molecule has 0 amide bonds. The number of allylic oxidation sites excluding steroid dienone is 8. The molecule has 0 spiro atoms. The van der Waals surface area contributed by atoms with Gasteiger partial charge in [0.05, 0.1) is 0 Å². The quantitative estimate of drug-likeness (QED) is 0.656. The molecular formula is C20H18BrN. The average molecular weight is 352 g/mol. The Labute approximate surface area is 139 Å². The van der Waals surface area contributed by atoms with E-state index in [4.69, 9.17) is 0 Å². The minimum atomic E-state index is 0.443. The zero-order valence-corrected chi connectivity index (χ0v) is 13.9. The molecule has 4 rings (SSSR count). The molecule has 22 heavy (non-hydrogen) atoms. The van der Waals surface area contributed by atoms with Crippen molar-refractivity contribution in [2.45, 2.75) is 25.2 Å². The summed E-state index contributed by atoms with van der Waals surface area (Å²) in [5.41, 5.74) is 5.44. The fourth-order valence-corrected chi connectivity index (χ4v) is 3.78. The third-order valence-corrected chi connectivity index (χ3v) is 4.97. The molecule has 2 aliphatic rings. The Hall–Kier alpha value is -1.80. The Balaban J connectivity index is 1.94. The van der Waals surface area contributed by atoms with Crippen LogP contribution in [0.2, 0.25) is 0 Å². The van der Waals surface area contributed by atoms with Gasteiger partial charge in [-0.3, -0.25) is 0 Å². The molecule has 1 unspecified atom stereocenters. The zero-order chi connectivity index (χ0) is 14.9. The van der Waals surface area contributed by atoms with Crippen LogP contribution in [0.25, 0.3) is 16.5 Å². The number of halogens is 1. The van der Waals surface area contributed by atoms with Crippen molar-refractivity contribution in [3.63, 3.8) is 0 Å². The molecule has 1 aromatic carbocycles. The smallest absolute Gasteiger partial charge is 0.0463 e. The normalized spacial score (nSPS) is 20.6. The number of aromatic amines is 1. The van der Waals surface area contributed by atoms with Crippen LogP contribution in [-0.4, -0.2) is 4.98 Å². The summed E-state index contributed by atoms with van der Waals surface area (Å²) in [6.07, 6.45) is 18.9. The molecular weight excluding hydrogens is 334 g/mol. The van der Waals surface area contributed by atoms with Crippen molar-refractivity contribution in [1.29, 1.82) is 0 Å². The lowest BCUT2D eigenvalue weighted by Crippen LogP contribution is -2.01. The van der Waals surface area contributed by atoms with Crippen molar-refractivity contribution in [2.75, 3.05) is 0 Å². The first kappa shape index (κ1) is 13.8. The lowest BCUT2D eigenvalue weighted by atomic mass is 9.88. The van der Waals surface area contributed by atoms with Crippen molar-refractivity contribution in [2.24, 2.45) is 0 Å². The van der Waals surface area contributed by atoms with Gasteiger partial charge in [-0.05, 0) is 43.0 Å². The summed E-state index contributed by atoms with van der Waals surface area (Å²) in [4.78, 5) is 3.69. The van der Waals surface area contributed by atoms with Gasteiger partial charge in [-0.25, -0.2) is 0 Å². The summed E-state index contributed by atoms with van der Waals surface area (Å²) < 4.78 is 1.14. The monoisotopic (exact) mass is 351 g/mol. The Morgan fingerprint density at radius 1 is 1.09 bits per heavy atom. The highest BCUT2D eigenvalue weighted by Gasteiger charge is 2.21. The summed E-state index contributed by atoms with van der Waals surface area (Å²) in [6, 6.07) is 6.53. The standard InChI is InChI=1S/C20H18BrN/c21-16-11-12-18-17(13-16)19(14-7-3-1-4-8-14)20(22-18)15-9-5-2-6-10-15/h1-3,5-7,9,11-13,15,22H,4,8,10H2. The number of hydrogen-bond acceptors (Lipinski definition) is 0. The van der Waals surface area contributed by atoms with E-state index in [0.29, 0.717) is 5.92 Å². The maximum atomic E-state index is 3.69. The summed E-state index contributed by atoms with van der Waals surface area (Å²) in [6.45, 7) is 0. The highest BCUT2D eigenvalue weighted by Crippen LogP contribution is 2.39. The number of fused-ring (bicyclic) bond motifs is 1. The van der Waals surface area contributed by atoms with Gasteiger partial charge < -0.3 is 4.98 Å². The number of H-pyrrole nitrogens is 1. The first-order valence-electron chi connectivity index (χ1n) is 7.83. The SMILES string of the molecule is Brc1ccc2[nH]c(C3C=CC=CC3)c(C3=CC=CCC3)c2c1. The average Bonchev–Trinajstić information content (AvgIpc) is 2.95. The minimum Gasteiger partial charge on any atom is -0.357 e. The number of aromatic nitrogens is 1. The van der Waals surface area contributed by atoms with E-state index < -0.39 is 0 Å². The van der Waals surface area contributed by atoms with Gasteiger partial charge in [0.1, 0.15) is 0 Å². The number of hydrogen-bond donors (Lipinski definition) is 1. The van der Waals surface area contributed by atoms with Crippen molar-refractivity contribution in [3.05, 3.63) is 76.5 Å². The molecule has 2 aromatic rings. The largest absolute Gasteiger partial charge is 0.357 e. The van der Waals surface area contributed by atoms with E-state index in [1.54, 1.807) is 0 Å². The highest BCUT2D eigenvalue weighted by atomic mass is 79.9. The van der Waals surface area contributed by atoms with Gasteiger partial charge in [0.25, 0.3) is 0 Å². The number of rotatable bonds is 2. The van der Waals surface area contributed by atoms with Crippen LogP contribution in [0.4, 0.5) is 0 Å². The maximum absolute atomic E-state index is 3.69. The summed E-state index contributed by atoms with van der Waals surface area (Å²) in [7, 11) is 0. The van der Waals surface area contributed by atoms with Gasteiger partial charge in [0.2, 0.25) is 0 Å². The molecule has 1 nitrogen and oxygen atoms in total. The molecule has 0 fully saturated rings. The number of nitrogens with one attached hydrogen (secondary N) is 1. The molecule has 0 saturated carbocycles. The molecule has 2 heteroatoms. The summed E-state index contributed by atoms with van der Waals surface area (Å²) >= 11 is 3.62. The topological polar surface area (TPSA) is 15.8 Å². The van der Waals surface area contributed by atoms with Crippen molar-refractivity contribution in [3.8, 4) is 0 Å². The first-order valence-corrected chi connectivity index (χ1v) is 8.63. The van der Waals surface area contributed by atoms with E-state index in [0.717, 1.165) is 23.7 Å². The van der Waals surface area contributed by atoms with Crippen molar-refractivity contribution in [1.82, 2.24) is 4.98 Å². The van der Waals surface area contributed by atoms with Crippen LogP contribution in [0.5, 0.6) is 0 Å². The summed E-state index contributed by atoms with van der Waals surface area (Å²) in [5, 5.41) is 1.33. The maximum Gasteiger partial charge on any atom is 0.0463 e. The molecule has 1 heterocycles. The molecule has 1 aromatic heterocycles. The molecule has 1 atom stereocenters. The second-order valence-corrected chi connectivity index (χ2v) is 6.83. The van der Waals surface area contributed by atoms with Crippen LogP contribution in [0.3, 0.4) is 0 Å². The van der Waals surface area contributed by atoms with Gasteiger partial charge in [-0.1, -0.05) is 58.5 Å². The van der Waals surface area contributed by atoms with Crippen LogP contribution >= 0.6 is 15.9 Å². The Kier molecular flexibility index (Phi) is 3.63. The minimum absolute atomic E-state index is 0.443. The fraction of sp³-hybridized carbons (Fsp3) is 0.200. The van der Waals surface area contributed by atoms with E-state index in [9.17, 15) is 0 Å². The molecule has 0 radical (unpaired) electrons. The second kappa shape index (κ2) is 5.77. The summed E-state index contributed by atoms with van der Waals surface area (Å²) in [5.74, 6) is 0.443. The Bertz CT molecular complexity index is 833. The van der Waals surface area contributed by atoms with Crippen molar-refractivity contribution >= 4 is 32.4 Å². The third-order valence-electron chi connectivity index (χ3n) is 4.48. The predicted molar refractivity (Wildman–Crippen MR) is 98.0 cm³/mol. The molecule has 2 aliphatic carbocycles. The van der Waals surface area contributed by atoms with Gasteiger partial charge in [0, 0.05) is 32.6 Å². The van der Waals surface area contributed by atoms with Crippen LogP contribution < -0.4 is 0 Å². The van der Waals surface area contributed by atoms with E-state index in [-0.39, 0.29) is 0 Å². The third kappa shape index (κ3) is 2.42. The zero-order valence-electron chi connectivity index (χ0n) is 12.4. The molecule has 0 aliphatic heterocycles. The van der Waals surface area contributed by atoms with Crippen LogP contribution in [-0.2, 0) is 0 Å². The van der Waals surface area contributed by atoms with E-state index in [2.05, 4.69) is 81.6 Å². The molecule has 0 bridgehead atoms. The van der Waals surface area contributed by atoms with Crippen LogP contribution in [0, 0.1) is 0 Å².